The van der Waals surface area contributed by atoms with Crippen molar-refractivity contribution in [1.29, 1.82) is 0 Å². The van der Waals surface area contributed by atoms with E-state index in [1.165, 1.54) is 13.5 Å². The van der Waals surface area contributed by atoms with Gasteiger partial charge < -0.3 is 15.0 Å². The van der Waals surface area contributed by atoms with Gasteiger partial charge in [-0.25, -0.2) is 4.79 Å². The van der Waals surface area contributed by atoms with Crippen molar-refractivity contribution in [3.63, 3.8) is 0 Å². The van der Waals surface area contributed by atoms with Crippen molar-refractivity contribution >= 4 is 21.9 Å². The second-order valence-electron chi connectivity index (χ2n) is 4.98. The second-order valence-corrected chi connectivity index (χ2v) is 5.84. The number of carbonyl (C=O) groups is 1. The first-order valence-electron chi connectivity index (χ1n) is 6.76. The van der Waals surface area contributed by atoms with Crippen LogP contribution in [0.2, 0.25) is 0 Å². The van der Waals surface area contributed by atoms with E-state index < -0.39 is 0 Å². The van der Waals surface area contributed by atoms with Crippen LogP contribution < -0.4 is 5.32 Å². The molecule has 0 saturated carbocycles. The van der Waals surface area contributed by atoms with Crippen LogP contribution in [-0.2, 0) is 11.3 Å². The standard InChI is InChI=1S/C15H23BrN2O2/c1-18(2)9-5-4-8-17-11-13-7-6-12(10-14(13)16)15(19)20-3/h6-7,10,17H,4-5,8-9,11H2,1-3H3. The first-order valence-corrected chi connectivity index (χ1v) is 7.56. The van der Waals surface area contributed by atoms with Crippen LogP contribution >= 0.6 is 15.9 Å². The molecule has 5 heteroatoms. The summed E-state index contributed by atoms with van der Waals surface area (Å²) in [5.74, 6) is -0.311. The van der Waals surface area contributed by atoms with E-state index in [1.807, 2.05) is 6.07 Å². The van der Waals surface area contributed by atoms with Crippen molar-refractivity contribution in [2.45, 2.75) is 19.4 Å². The van der Waals surface area contributed by atoms with Gasteiger partial charge in [-0.05, 0) is 57.7 Å². The van der Waals surface area contributed by atoms with Gasteiger partial charge >= 0.3 is 5.97 Å². The van der Waals surface area contributed by atoms with Gasteiger partial charge in [0.2, 0.25) is 0 Å². The first-order chi connectivity index (χ1) is 9.54. The number of esters is 1. The fraction of sp³-hybridized carbons (Fsp3) is 0.533. The molecule has 0 amide bonds. The molecule has 1 rings (SSSR count). The number of rotatable bonds is 8. The largest absolute Gasteiger partial charge is 0.465 e. The fourth-order valence-electron chi connectivity index (χ4n) is 1.84. The minimum absolute atomic E-state index is 0.311. The summed E-state index contributed by atoms with van der Waals surface area (Å²) in [6.45, 7) is 2.92. The zero-order chi connectivity index (χ0) is 15.0. The molecule has 1 aromatic rings. The Morgan fingerprint density at radius 1 is 1.35 bits per heavy atom. The van der Waals surface area contributed by atoms with E-state index >= 15 is 0 Å². The molecule has 4 nitrogen and oxygen atoms in total. The predicted octanol–water partition coefficient (Wildman–Crippen LogP) is 2.67. The third-order valence-electron chi connectivity index (χ3n) is 3.00. The highest BCUT2D eigenvalue weighted by Gasteiger charge is 2.08. The molecule has 0 spiro atoms. The van der Waals surface area contributed by atoms with Crippen LogP contribution in [0, 0.1) is 0 Å². The molecule has 0 aliphatic carbocycles. The maximum absolute atomic E-state index is 11.4. The summed E-state index contributed by atoms with van der Waals surface area (Å²) in [7, 11) is 5.57. The highest BCUT2D eigenvalue weighted by molar-refractivity contribution is 9.10. The molecule has 0 fully saturated rings. The van der Waals surface area contributed by atoms with Crippen molar-refractivity contribution in [3.8, 4) is 0 Å². The Kier molecular flexibility index (Phi) is 7.80. The second kappa shape index (κ2) is 9.10. The minimum Gasteiger partial charge on any atom is -0.465 e. The van der Waals surface area contributed by atoms with Crippen LogP contribution in [0.4, 0.5) is 0 Å². The Bertz CT molecular complexity index is 436. The Labute approximate surface area is 129 Å². The fourth-order valence-corrected chi connectivity index (χ4v) is 2.36. The monoisotopic (exact) mass is 342 g/mol. The molecule has 1 aromatic carbocycles. The van der Waals surface area contributed by atoms with Crippen molar-refractivity contribution in [3.05, 3.63) is 33.8 Å². The number of nitrogens with zero attached hydrogens (tertiary/aromatic N) is 1. The van der Waals surface area contributed by atoms with Gasteiger partial charge in [0.1, 0.15) is 0 Å². The van der Waals surface area contributed by atoms with Crippen LogP contribution in [0.1, 0.15) is 28.8 Å². The van der Waals surface area contributed by atoms with Gasteiger partial charge in [0.15, 0.2) is 0 Å². The number of ether oxygens (including phenoxy) is 1. The lowest BCUT2D eigenvalue weighted by Gasteiger charge is -2.10. The average Bonchev–Trinajstić information content (AvgIpc) is 2.42. The molecule has 0 radical (unpaired) electrons. The molecule has 0 atom stereocenters. The molecule has 0 aliphatic heterocycles. The lowest BCUT2D eigenvalue weighted by atomic mass is 10.1. The van der Waals surface area contributed by atoms with E-state index in [0.29, 0.717) is 5.56 Å². The summed E-state index contributed by atoms with van der Waals surface area (Å²) < 4.78 is 5.63. The van der Waals surface area contributed by atoms with Gasteiger partial charge in [-0.3, -0.25) is 0 Å². The number of unbranched alkanes of at least 4 members (excludes halogenated alkanes) is 1. The number of methoxy groups -OCH3 is 1. The number of hydrogen-bond acceptors (Lipinski definition) is 4. The van der Waals surface area contributed by atoms with Crippen molar-refractivity contribution in [2.24, 2.45) is 0 Å². The third kappa shape index (κ3) is 6.03. The Morgan fingerprint density at radius 3 is 2.70 bits per heavy atom. The maximum Gasteiger partial charge on any atom is 0.337 e. The van der Waals surface area contributed by atoms with Gasteiger partial charge in [0.25, 0.3) is 0 Å². The van der Waals surface area contributed by atoms with E-state index in [2.05, 4.69) is 40.2 Å². The van der Waals surface area contributed by atoms with Gasteiger partial charge in [0, 0.05) is 11.0 Å². The summed E-state index contributed by atoms with van der Waals surface area (Å²) in [6, 6.07) is 5.54. The highest BCUT2D eigenvalue weighted by Crippen LogP contribution is 2.19. The number of hydrogen-bond donors (Lipinski definition) is 1. The molecular weight excluding hydrogens is 320 g/mol. The Hall–Kier alpha value is -0.910. The summed E-state index contributed by atoms with van der Waals surface area (Å²) in [6.07, 6.45) is 2.36. The van der Waals surface area contributed by atoms with Crippen molar-refractivity contribution in [1.82, 2.24) is 10.2 Å². The van der Waals surface area contributed by atoms with Crippen LogP contribution in [0.3, 0.4) is 0 Å². The van der Waals surface area contributed by atoms with E-state index in [9.17, 15) is 4.79 Å². The molecular formula is C15H23BrN2O2. The zero-order valence-electron chi connectivity index (χ0n) is 12.4. The van der Waals surface area contributed by atoms with Crippen LogP contribution in [-0.4, -0.2) is 45.2 Å². The molecule has 0 aromatic heterocycles. The molecule has 112 valence electrons. The SMILES string of the molecule is COC(=O)c1ccc(CNCCCCN(C)C)c(Br)c1. The van der Waals surface area contributed by atoms with Crippen molar-refractivity contribution in [2.75, 3.05) is 34.3 Å². The summed E-state index contributed by atoms with van der Waals surface area (Å²) in [5, 5.41) is 3.41. The average molecular weight is 343 g/mol. The summed E-state index contributed by atoms with van der Waals surface area (Å²) >= 11 is 3.49. The topological polar surface area (TPSA) is 41.6 Å². The summed E-state index contributed by atoms with van der Waals surface area (Å²) in [4.78, 5) is 13.6. The van der Waals surface area contributed by atoms with Gasteiger partial charge in [-0.2, -0.15) is 0 Å². The van der Waals surface area contributed by atoms with Gasteiger partial charge in [-0.1, -0.05) is 22.0 Å². The molecule has 0 unspecified atom stereocenters. The lowest BCUT2D eigenvalue weighted by molar-refractivity contribution is 0.0600. The van der Waals surface area contributed by atoms with Crippen LogP contribution in [0.25, 0.3) is 0 Å². The quantitative estimate of drug-likeness (QED) is 0.582. The van der Waals surface area contributed by atoms with Gasteiger partial charge in [0.05, 0.1) is 12.7 Å². The van der Waals surface area contributed by atoms with E-state index in [-0.39, 0.29) is 5.97 Å². The number of nitrogens with one attached hydrogen (secondary N) is 1. The zero-order valence-corrected chi connectivity index (χ0v) is 14.0. The van der Waals surface area contributed by atoms with E-state index in [4.69, 9.17) is 4.74 Å². The number of carbonyl (C=O) groups excluding carboxylic acids is 1. The van der Waals surface area contributed by atoms with Crippen molar-refractivity contribution < 1.29 is 9.53 Å². The molecule has 0 heterocycles. The molecule has 0 saturated heterocycles. The summed E-state index contributed by atoms with van der Waals surface area (Å²) in [5.41, 5.74) is 1.71. The molecule has 0 aliphatic rings. The third-order valence-corrected chi connectivity index (χ3v) is 3.74. The van der Waals surface area contributed by atoms with E-state index in [1.54, 1.807) is 12.1 Å². The normalized spacial score (nSPS) is 10.8. The first kappa shape index (κ1) is 17.1. The molecule has 20 heavy (non-hydrogen) atoms. The highest BCUT2D eigenvalue weighted by atomic mass is 79.9. The smallest absolute Gasteiger partial charge is 0.337 e. The molecule has 1 N–H and O–H groups in total. The van der Waals surface area contributed by atoms with Crippen LogP contribution in [0.15, 0.2) is 22.7 Å². The predicted molar refractivity (Wildman–Crippen MR) is 85.0 cm³/mol. The number of benzene rings is 1. The lowest BCUT2D eigenvalue weighted by Crippen LogP contribution is -2.18. The minimum atomic E-state index is -0.311. The molecule has 0 bridgehead atoms. The maximum atomic E-state index is 11.4. The Morgan fingerprint density at radius 2 is 2.10 bits per heavy atom. The Balaban J connectivity index is 2.36. The van der Waals surface area contributed by atoms with Gasteiger partial charge in [-0.15, -0.1) is 0 Å². The van der Waals surface area contributed by atoms with Crippen LogP contribution in [0.5, 0.6) is 0 Å². The number of halogens is 1. The van der Waals surface area contributed by atoms with E-state index in [0.717, 1.165) is 36.1 Å².